The van der Waals surface area contributed by atoms with E-state index in [4.69, 9.17) is 18.0 Å². The molecule has 0 saturated carbocycles. The number of nitrogens with one attached hydrogen (secondary N) is 1. The van der Waals surface area contributed by atoms with Crippen LogP contribution in [0.4, 0.5) is 11.4 Å². The summed E-state index contributed by atoms with van der Waals surface area (Å²) < 4.78 is 0. The van der Waals surface area contributed by atoms with Crippen molar-refractivity contribution in [3.8, 4) is 0 Å². The van der Waals surface area contributed by atoms with Gasteiger partial charge < -0.3 is 11.1 Å². The van der Waals surface area contributed by atoms with Crippen molar-refractivity contribution in [1.29, 1.82) is 0 Å². The molecule has 5 nitrogen and oxygen atoms in total. The topological polar surface area (TPSA) is 81.2 Å². The zero-order chi connectivity index (χ0) is 16.7. The van der Waals surface area contributed by atoms with Crippen LogP contribution in [-0.2, 0) is 6.42 Å². The second kappa shape index (κ2) is 8.50. The van der Waals surface area contributed by atoms with Crippen molar-refractivity contribution < 1.29 is 4.92 Å². The van der Waals surface area contributed by atoms with Crippen molar-refractivity contribution in [2.75, 3.05) is 11.1 Å². The van der Waals surface area contributed by atoms with E-state index in [9.17, 15) is 10.1 Å². The number of nitrogens with zero attached hydrogens (tertiary/aromatic N) is 1. The van der Waals surface area contributed by atoms with Crippen molar-refractivity contribution in [2.24, 2.45) is 5.73 Å². The van der Waals surface area contributed by atoms with E-state index in [1.165, 1.54) is 11.6 Å². The van der Waals surface area contributed by atoms with Crippen LogP contribution in [0.3, 0.4) is 0 Å². The fourth-order valence-corrected chi connectivity index (χ4v) is 3.15. The van der Waals surface area contributed by atoms with Crippen molar-refractivity contribution >= 4 is 40.5 Å². The van der Waals surface area contributed by atoms with Crippen LogP contribution in [0, 0.1) is 10.1 Å². The van der Waals surface area contributed by atoms with Crippen LogP contribution in [0.25, 0.3) is 0 Å². The Morgan fingerprint density at radius 2 is 2.00 bits per heavy atom. The van der Waals surface area contributed by atoms with E-state index in [0.29, 0.717) is 5.69 Å². The highest BCUT2D eigenvalue weighted by molar-refractivity contribution is 7.99. The monoisotopic (exact) mass is 347 g/mol. The van der Waals surface area contributed by atoms with Gasteiger partial charge >= 0.3 is 0 Å². The Morgan fingerprint density at radius 1 is 1.26 bits per heavy atom. The number of hydrogen-bond donors (Lipinski definition) is 2. The third-order valence-electron chi connectivity index (χ3n) is 3.09. The maximum Gasteiger partial charge on any atom is 0.272 e. The molecule has 0 amide bonds. The molecule has 0 fully saturated rings. The number of nitro benzene ring substituents is 1. The average Bonchev–Trinajstić information content (AvgIpc) is 2.52. The summed E-state index contributed by atoms with van der Waals surface area (Å²) in [5.41, 5.74) is 7.29. The molecule has 0 spiro atoms. The SMILES string of the molecule is NC(=S)Nc1cc(SCCCc2ccccc2)cc([N+](=O)[O-])c1. The fraction of sp³-hybridized carbons (Fsp3) is 0.188. The molecule has 0 aliphatic heterocycles. The van der Waals surface area contributed by atoms with Crippen molar-refractivity contribution in [3.63, 3.8) is 0 Å². The van der Waals surface area contributed by atoms with Crippen LogP contribution < -0.4 is 11.1 Å². The van der Waals surface area contributed by atoms with Gasteiger partial charge in [-0.05, 0) is 42.4 Å². The van der Waals surface area contributed by atoms with E-state index < -0.39 is 4.92 Å². The van der Waals surface area contributed by atoms with Crippen LogP contribution in [0.2, 0.25) is 0 Å². The fourth-order valence-electron chi connectivity index (χ4n) is 2.10. The summed E-state index contributed by atoms with van der Waals surface area (Å²) in [7, 11) is 0. The summed E-state index contributed by atoms with van der Waals surface area (Å²) in [4.78, 5) is 11.4. The zero-order valence-electron chi connectivity index (χ0n) is 12.4. The molecule has 3 N–H and O–H groups in total. The summed E-state index contributed by atoms with van der Waals surface area (Å²) >= 11 is 6.36. The van der Waals surface area contributed by atoms with E-state index in [1.54, 1.807) is 17.8 Å². The summed E-state index contributed by atoms with van der Waals surface area (Å²) in [6.45, 7) is 0. The smallest absolute Gasteiger partial charge is 0.272 e. The van der Waals surface area contributed by atoms with Gasteiger partial charge in [0.1, 0.15) is 0 Å². The molecule has 0 bridgehead atoms. The van der Waals surface area contributed by atoms with Gasteiger partial charge in [-0.25, -0.2) is 0 Å². The zero-order valence-corrected chi connectivity index (χ0v) is 14.0. The minimum absolute atomic E-state index is 0.0248. The first kappa shape index (κ1) is 17.2. The molecule has 23 heavy (non-hydrogen) atoms. The Morgan fingerprint density at radius 3 is 2.65 bits per heavy atom. The van der Waals surface area contributed by atoms with Gasteiger partial charge in [0.25, 0.3) is 5.69 Å². The normalized spacial score (nSPS) is 10.3. The summed E-state index contributed by atoms with van der Waals surface area (Å²) in [5.74, 6) is 0.878. The molecule has 0 aromatic heterocycles. The number of nitro groups is 1. The second-order valence-corrected chi connectivity index (χ2v) is 6.51. The van der Waals surface area contributed by atoms with Gasteiger partial charge in [-0.2, -0.15) is 0 Å². The maximum atomic E-state index is 11.0. The Kier molecular flexibility index (Phi) is 6.37. The first-order chi connectivity index (χ1) is 11.0. The summed E-state index contributed by atoms with van der Waals surface area (Å²) in [6, 6.07) is 15.1. The number of thiocarbonyl (C=S) groups is 1. The molecule has 0 heterocycles. The van der Waals surface area contributed by atoms with Crippen LogP contribution in [-0.4, -0.2) is 15.8 Å². The highest BCUT2D eigenvalue weighted by atomic mass is 32.2. The van der Waals surface area contributed by atoms with Crippen LogP contribution in [0.1, 0.15) is 12.0 Å². The van der Waals surface area contributed by atoms with E-state index in [0.717, 1.165) is 23.5 Å². The van der Waals surface area contributed by atoms with Crippen LogP contribution in [0.5, 0.6) is 0 Å². The van der Waals surface area contributed by atoms with Gasteiger partial charge in [0.05, 0.1) is 4.92 Å². The number of rotatable bonds is 7. The van der Waals surface area contributed by atoms with Crippen molar-refractivity contribution in [1.82, 2.24) is 0 Å². The van der Waals surface area contributed by atoms with Gasteiger partial charge in [0.15, 0.2) is 5.11 Å². The van der Waals surface area contributed by atoms with Gasteiger partial charge in [-0.1, -0.05) is 30.3 Å². The molecule has 0 atom stereocenters. The number of benzene rings is 2. The maximum absolute atomic E-state index is 11.0. The van der Waals surface area contributed by atoms with Crippen LogP contribution >= 0.6 is 24.0 Å². The third kappa shape index (κ3) is 5.88. The molecule has 2 rings (SSSR count). The minimum Gasteiger partial charge on any atom is -0.376 e. The second-order valence-electron chi connectivity index (χ2n) is 4.90. The summed E-state index contributed by atoms with van der Waals surface area (Å²) in [5, 5.41) is 13.8. The third-order valence-corrected chi connectivity index (χ3v) is 4.25. The lowest BCUT2D eigenvalue weighted by molar-refractivity contribution is -0.385. The quantitative estimate of drug-likeness (QED) is 0.259. The predicted octanol–water partition coefficient (Wildman–Crippen LogP) is 3.98. The number of non-ortho nitro benzene ring substituents is 1. The van der Waals surface area contributed by atoms with E-state index in [2.05, 4.69) is 17.4 Å². The number of anilines is 1. The highest BCUT2D eigenvalue weighted by Gasteiger charge is 2.10. The molecule has 2 aromatic rings. The molecule has 0 aliphatic rings. The lowest BCUT2D eigenvalue weighted by Gasteiger charge is -2.07. The Labute approximate surface area is 144 Å². The standard InChI is InChI=1S/C16H17N3O2S2/c17-16(22)18-13-9-14(19(20)21)11-15(10-13)23-8-4-7-12-5-2-1-3-6-12/h1-3,5-6,9-11H,4,7-8H2,(H3,17,18,22). The predicted molar refractivity (Wildman–Crippen MR) is 99.0 cm³/mol. The molecule has 2 aromatic carbocycles. The highest BCUT2D eigenvalue weighted by Crippen LogP contribution is 2.28. The molecule has 0 unspecified atom stereocenters. The average molecular weight is 347 g/mol. The number of thioether (sulfide) groups is 1. The van der Waals surface area contributed by atoms with Crippen molar-refractivity contribution in [2.45, 2.75) is 17.7 Å². The van der Waals surface area contributed by atoms with E-state index in [1.807, 2.05) is 24.3 Å². The molecule has 7 heteroatoms. The lowest BCUT2D eigenvalue weighted by Crippen LogP contribution is -2.18. The Bertz CT molecular complexity index is 693. The molecular weight excluding hydrogens is 330 g/mol. The first-order valence-corrected chi connectivity index (χ1v) is 8.46. The lowest BCUT2D eigenvalue weighted by atomic mass is 10.1. The first-order valence-electron chi connectivity index (χ1n) is 7.07. The van der Waals surface area contributed by atoms with Gasteiger partial charge in [0.2, 0.25) is 0 Å². The molecule has 120 valence electrons. The number of aryl methyl sites for hydroxylation is 1. The van der Waals surface area contributed by atoms with Crippen LogP contribution in [0.15, 0.2) is 53.4 Å². The van der Waals surface area contributed by atoms with E-state index in [-0.39, 0.29) is 10.8 Å². The van der Waals surface area contributed by atoms with Gasteiger partial charge in [0, 0.05) is 22.7 Å². The minimum atomic E-state index is -0.418. The Hall–Kier alpha value is -2.12. The molecule has 0 saturated heterocycles. The number of nitrogens with two attached hydrogens (primary N) is 1. The van der Waals surface area contributed by atoms with Gasteiger partial charge in [-0.15, -0.1) is 11.8 Å². The summed E-state index contributed by atoms with van der Waals surface area (Å²) in [6.07, 6.45) is 1.98. The van der Waals surface area contributed by atoms with Gasteiger partial charge in [-0.3, -0.25) is 10.1 Å². The largest absolute Gasteiger partial charge is 0.376 e. The molecule has 0 aliphatic carbocycles. The van der Waals surface area contributed by atoms with E-state index >= 15 is 0 Å². The van der Waals surface area contributed by atoms with Crippen molar-refractivity contribution in [3.05, 3.63) is 64.2 Å². The molecule has 0 radical (unpaired) electrons. The molecular formula is C16H17N3O2S2. The number of hydrogen-bond acceptors (Lipinski definition) is 4. The Balaban J connectivity index is 1.96.